The van der Waals surface area contributed by atoms with Crippen LogP contribution in [0.4, 0.5) is 5.69 Å². The monoisotopic (exact) mass is 319 g/mol. The van der Waals surface area contributed by atoms with E-state index in [2.05, 4.69) is 26.1 Å². The Morgan fingerprint density at radius 1 is 1.41 bits per heavy atom. The van der Waals surface area contributed by atoms with Crippen molar-refractivity contribution in [2.45, 2.75) is 45.7 Å². The number of amides is 1. The highest BCUT2D eigenvalue weighted by molar-refractivity contribution is 7.80. The second kappa shape index (κ2) is 6.65. The molecule has 0 aliphatic carbocycles. The number of nitrogens with zero attached hydrogens (tertiary/aromatic N) is 2. The molecule has 1 aromatic carbocycles. The number of carbonyl (C=O) groups is 1. The average molecular weight is 319 g/mol. The van der Waals surface area contributed by atoms with Crippen molar-refractivity contribution >= 4 is 28.9 Å². The molecule has 1 aliphatic heterocycles. The minimum atomic E-state index is -0.0140. The van der Waals surface area contributed by atoms with Gasteiger partial charge in [-0.3, -0.25) is 4.79 Å². The Balaban J connectivity index is 2.09. The molecule has 5 heteroatoms. The van der Waals surface area contributed by atoms with Crippen molar-refractivity contribution in [1.82, 2.24) is 10.2 Å². The van der Waals surface area contributed by atoms with Gasteiger partial charge in [0.05, 0.1) is 6.54 Å². The molecule has 1 amide bonds. The lowest BCUT2D eigenvalue weighted by atomic mass is 9.93. The van der Waals surface area contributed by atoms with Crippen LogP contribution in [0.15, 0.2) is 30.3 Å². The maximum Gasteiger partial charge on any atom is 0.246 e. The molecule has 120 valence electrons. The normalized spacial score (nSPS) is 20.5. The fraction of sp³-hybridized carbons (Fsp3) is 0.529. The third-order valence-electron chi connectivity index (χ3n) is 4.03. The highest BCUT2D eigenvalue weighted by Gasteiger charge is 2.34. The van der Waals surface area contributed by atoms with Crippen LogP contribution in [0.3, 0.4) is 0 Å². The third kappa shape index (κ3) is 3.77. The number of nitrogens with one attached hydrogen (secondary N) is 1. The first-order valence-corrected chi connectivity index (χ1v) is 8.19. The molecule has 1 N–H and O–H groups in total. The highest BCUT2D eigenvalue weighted by atomic mass is 32.1. The van der Waals surface area contributed by atoms with Gasteiger partial charge < -0.3 is 15.1 Å². The van der Waals surface area contributed by atoms with Crippen molar-refractivity contribution in [3.63, 3.8) is 0 Å². The Hall–Kier alpha value is -1.62. The van der Waals surface area contributed by atoms with Gasteiger partial charge in [0.15, 0.2) is 5.11 Å². The number of hydrogen-bond acceptors (Lipinski definition) is 2. The summed E-state index contributed by atoms with van der Waals surface area (Å²) >= 11 is 5.46. The van der Waals surface area contributed by atoms with Crippen LogP contribution in [0.1, 0.15) is 34.1 Å². The predicted molar refractivity (Wildman–Crippen MR) is 95.1 cm³/mol. The van der Waals surface area contributed by atoms with E-state index >= 15 is 0 Å². The molecule has 1 aromatic rings. The van der Waals surface area contributed by atoms with Crippen molar-refractivity contribution in [1.29, 1.82) is 0 Å². The lowest BCUT2D eigenvalue weighted by Crippen LogP contribution is -2.61. The maximum absolute atomic E-state index is 12.7. The smallest absolute Gasteiger partial charge is 0.246 e. The molecule has 0 saturated carbocycles. The predicted octanol–water partition coefficient (Wildman–Crippen LogP) is 2.79. The second-order valence-corrected chi connectivity index (χ2v) is 6.86. The zero-order chi connectivity index (χ0) is 16.3. The fourth-order valence-corrected chi connectivity index (χ4v) is 3.55. The van der Waals surface area contributed by atoms with Gasteiger partial charge in [0, 0.05) is 23.8 Å². The quantitative estimate of drug-likeness (QED) is 0.866. The number of carbonyl (C=O) groups excluding carboxylic acids is 1. The summed E-state index contributed by atoms with van der Waals surface area (Å²) < 4.78 is 0. The van der Waals surface area contributed by atoms with Crippen molar-refractivity contribution in [3.05, 3.63) is 30.3 Å². The summed E-state index contributed by atoms with van der Waals surface area (Å²) in [5.41, 5.74) is 0.916. The van der Waals surface area contributed by atoms with Crippen LogP contribution in [-0.2, 0) is 4.79 Å². The molecule has 1 fully saturated rings. The van der Waals surface area contributed by atoms with Crippen LogP contribution in [-0.4, -0.2) is 40.6 Å². The van der Waals surface area contributed by atoms with Crippen LogP contribution in [0, 0.1) is 0 Å². The van der Waals surface area contributed by atoms with Gasteiger partial charge in [-0.1, -0.05) is 18.2 Å². The molecule has 2 rings (SSSR count). The lowest BCUT2D eigenvalue weighted by molar-refractivity contribution is -0.119. The van der Waals surface area contributed by atoms with Gasteiger partial charge in [0.2, 0.25) is 5.91 Å². The summed E-state index contributed by atoms with van der Waals surface area (Å²) in [5.74, 6) is 0.0735. The number of para-hydroxylation sites is 1. The van der Waals surface area contributed by atoms with Crippen LogP contribution >= 0.6 is 12.2 Å². The zero-order valence-corrected chi connectivity index (χ0v) is 14.6. The molecule has 0 spiro atoms. The lowest BCUT2D eigenvalue weighted by Gasteiger charge is -2.44. The van der Waals surface area contributed by atoms with Gasteiger partial charge in [0.25, 0.3) is 0 Å². The Bertz CT molecular complexity index is 544. The van der Waals surface area contributed by atoms with E-state index < -0.39 is 0 Å². The second-order valence-electron chi connectivity index (χ2n) is 6.47. The van der Waals surface area contributed by atoms with Crippen LogP contribution < -0.4 is 10.2 Å². The zero-order valence-electron chi connectivity index (χ0n) is 13.8. The number of hydrogen-bond donors (Lipinski definition) is 1. The van der Waals surface area contributed by atoms with E-state index in [1.807, 2.05) is 42.2 Å². The van der Waals surface area contributed by atoms with Crippen molar-refractivity contribution in [2.24, 2.45) is 0 Å². The van der Waals surface area contributed by atoms with E-state index in [1.165, 1.54) is 0 Å². The molecule has 0 aromatic heterocycles. The number of benzene rings is 1. The third-order valence-corrected chi connectivity index (χ3v) is 4.37. The Kier molecular flexibility index (Phi) is 5.06. The van der Waals surface area contributed by atoms with Crippen LogP contribution in [0.2, 0.25) is 0 Å². The molecule has 0 bridgehead atoms. The van der Waals surface area contributed by atoms with Gasteiger partial charge in [-0.15, -0.1) is 0 Å². The van der Waals surface area contributed by atoms with Crippen molar-refractivity contribution < 1.29 is 4.79 Å². The summed E-state index contributed by atoms with van der Waals surface area (Å²) in [6.07, 6.45) is 0.956. The molecular formula is C17H25N3OS. The fourth-order valence-electron chi connectivity index (χ4n) is 3.03. The van der Waals surface area contributed by atoms with E-state index in [4.69, 9.17) is 12.2 Å². The van der Waals surface area contributed by atoms with Gasteiger partial charge >= 0.3 is 0 Å². The standard InChI is InChI=1S/C17H25N3OS/c1-5-19(14-9-7-6-8-10-14)15(21)12-20-13(2)11-17(3,4)18-16(20)22/h6-10,13H,5,11-12H2,1-4H3,(H,18,22)/t13-/m1/s1. The summed E-state index contributed by atoms with van der Waals surface area (Å²) in [5, 5.41) is 3.99. The molecule has 1 atom stereocenters. The van der Waals surface area contributed by atoms with E-state index in [1.54, 1.807) is 4.90 Å². The van der Waals surface area contributed by atoms with Gasteiger partial charge in [0.1, 0.15) is 0 Å². The first-order valence-electron chi connectivity index (χ1n) is 7.78. The highest BCUT2D eigenvalue weighted by Crippen LogP contribution is 2.22. The summed E-state index contributed by atoms with van der Waals surface area (Å²) in [6, 6.07) is 10.0. The van der Waals surface area contributed by atoms with Crippen molar-refractivity contribution in [3.8, 4) is 0 Å². The molecule has 0 unspecified atom stereocenters. The summed E-state index contributed by atoms with van der Waals surface area (Å²) in [7, 11) is 0. The Morgan fingerprint density at radius 3 is 2.59 bits per heavy atom. The SMILES string of the molecule is CCN(C(=O)CN1C(=S)NC(C)(C)C[C@H]1C)c1ccccc1. The summed E-state index contributed by atoms with van der Waals surface area (Å²) in [4.78, 5) is 16.5. The Morgan fingerprint density at radius 2 is 2.05 bits per heavy atom. The Labute approximate surface area is 138 Å². The molecule has 1 heterocycles. The molecule has 4 nitrogen and oxygen atoms in total. The number of rotatable bonds is 4. The van der Waals surface area contributed by atoms with Crippen LogP contribution in [0.25, 0.3) is 0 Å². The molecule has 1 saturated heterocycles. The van der Waals surface area contributed by atoms with E-state index in [0.717, 1.165) is 12.1 Å². The molecule has 0 radical (unpaired) electrons. The van der Waals surface area contributed by atoms with E-state index in [9.17, 15) is 4.79 Å². The topological polar surface area (TPSA) is 35.6 Å². The first-order chi connectivity index (χ1) is 10.3. The van der Waals surface area contributed by atoms with Crippen molar-refractivity contribution in [2.75, 3.05) is 18.0 Å². The number of likely N-dealkylation sites (N-methyl/N-ethyl adjacent to an activating group) is 1. The first kappa shape index (κ1) is 16.7. The van der Waals surface area contributed by atoms with Crippen LogP contribution in [0.5, 0.6) is 0 Å². The minimum absolute atomic E-state index is 0.0140. The largest absolute Gasteiger partial charge is 0.358 e. The molecule has 22 heavy (non-hydrogen) atoms. The minimum Gasteiger partial charge on any atom is -0.358 e. The molecular weight excluding hydrogens is 294 g/mol. The summed E-state index contributed by atoms with van der Waals surface area (Å²) in [6.45, 7) is 9.35. The van der Waals surface area contributed by atoms with E-state index in [0.29, 0.717) is 18.2 Å². The van der Waals surface area contributed by atoms with Gasteiger partial charge in [-0.2, -0.15) is 0 Å². The number of thiocarbonyl (C=S) groups is 1. The van der Waals surface area contributed by atoms with Gasteiger partial charge in [-0.25, -0.2) is 0 Å². The van der Waals surface area contributed by atoms with Gasteiger partial charge in [-0.05, 0) is 58.5 Å². The molecule has 1 aliphatic rings. The van der Waals surface area contributed by atoms with E-state index in [-0.39, 0.29) is 17.5 Å². The average Bonchev–Trinajstić information content (AvgIpc) is 2.44. The number of anilines is 1. The maximum atomic E-state index is 12.7.